The van der Waals surface area contributed by atoms with Crippen molar-refractivity contribution in [3.05, 3.63) is 33.4 Å². The molecule has 2 saturated heterocycles. The average Bonchev–Trinajstić information content (AvgIpc) is 3.10. The van der Waals surface area contributed by atoms with Crippen LogP contribution in [0.2, 0.25) is 0 Å². The second kappa shape index (κ2) is 7.45. The van der Waals surface area contributed by atoms with Gasteiger partial charge in [-0.3, -0.25) is 14.4 Å². The molecule has 146 valence electrons. The first-order chi connectivity index (χ1) is 12.7. The minimum atomic E-state index is -0.378. The summed E-state index contributed by atoms with van der Waals surface area (Å²) >= 11 is 0. The first-order valence-corrected chi connectivity index (χ1v) is 9.91. The summed E-state index contributed by atoms with van der Waals surface area (Å²) in [6.07, 6.45) is 2.39. The van der Waals surface area contributed by atoms with Gasteiger partial charge in [0.05, 0.1) is 0 Å². The van der Waals surface area contributed by atoms with Crippen molar-refractivity contribution in [1.82, 2.24) is 10.2 Å². The highest BCUT2D eigenvalue weighted by Crippen LogP contribution is 2.31. The number of carbonyl (C=O) groups excluding carboxylic acids is 3. The van der Waals surface area contributed by atoms with E-state index in [1.54, 1.807) is 0 Å². The Hall–Kier alpha value is -2.17. The molecule has 0 spiro atoms. The van der Waals surface area contributed by atoms with Crippen molar-refractivity contribution in [2.45, 2.75) is 66.3 Å². The average molecular weight is 370 g/mol. The van der Waals surface area contributed by atoms with Crippen LogP contribution in [0.1, 0.15) is 63.9 Å². The van der Waals surface area contributed by atoms with Crippen LogP contribution in [-0.2, 0) is 9.59 Å². The van der Waals surface area contributed by atoms with E-state index < -0.39 is 0 Å². The fourth-order valence-corrected chi connectivity index (χ4v) is 4.46. The molecule has 5 nitrogen and oxygen atoms in total. The van der Waals surface area contributed by atoms with Crippen LogP contribution in [0.15, 0.2) is 0 Å². The van der Waals surface area contributed by atoms with Crippen LogP contribution in [0.3, 0.4) is 0 Å². The topological polar surface area (TPSA) is 66.5 Å². The van der Waals surface area contributed by atoms with Gasteiger partial charge in [0.2, 0.25) is 11.8 Å². The summed E-state index contributed by atoms with van der Waals surface area (Å²) in [6, 6.07) is -0.378. The molecule has 0 radical (unpaired) electrons. The van der Waals surface area contributed by atoms with Crippen LogP contribution >= 0.6 is 0 Å². The van der Waals surface area contributed by atoms with Gasteiger partial charge in [0.25, 0.3) is 0 Å². The summed E-state index contributed by atoms with van der Waals surface area (Å²) < 4.78 is 0. The van der Waals surface area contributed by atoms with E-state index in [0.29, 0.717) is 38.8 Å². The molecule has 2 fully saturated rings. The first-order valence-electron chi connectivity index (χ1n) is 9.91. The molecule has 2 heterocycles. The maximum Gasteiger partial charge on any atom is 0.245 e. The van der Waals surface area contributed by atoms with Crippen LogP contribution in [0.4, 0.5) is 0 Å². The zero-order valence-electron chi connectivity index (χ0n) is 17.1. The van der Waals surface area contributed by atoms with Gasteiger partial charge in [0.1, 0.15) is 6.04 Å². The number of rotatable bonds is 3. The Morgan fingerprint density at radius 3 is 1.85 bits per heavy atom. The van der Waals surface area contributed by atoms with E-state index in [1.807, 2.05) is 18.7 Å². The lowest BCUT2D eigenvalue weighted by molar-refractivity contribution is -0.135. The standard InChI is InChI=1S/C22H30N2O3/c1-12-13(2)15(4)20(16(5)14(12)3)21(26)17-8-10-24(11-9-17)22(27)18-6-7-19(25)23-18/h17-18H,6-11H2,1-5H3,(H,23,25)/t18-/m1/s1. The molecule has 0 saturated carbocycles. The minimum absolute atomic E-state index is 0.00105. The molecular weight excluding hydrogens is 340 g/mol. The van der Waals surface area contributed by atoms with Crippen LogP contribution in [0, 0.1) is 40.5 Å². The summed E-state index contributed by atoms with van der Waals surface area (Å²) in [5.74, 6) is 0.138. The number of Topliss-reactive ketones (excluding diaryl/α,β-unsaturated/α-hetero) is 1. The van der Waals surface area contributed by atoms with Crippen molar-refractivity contribution in [1.29, 1.82) is 0 Å². The van der Waals surface area contributed by atoms with Gasteiger partial charge in [-0.1, -0.05) is 0 Å². The van der Waals surface area contributed by atoms with Gasteiger partial charge in [-0.05, 0) is 81.7 Å². The molecule has 27 heavy (non-hydrogen) atoms. The van der Waals surface area contributed by atoms with Crippen molar-refractivity contribution in [3.63, 3.8) is 0 Å². The van der Waals surface area contributed by atoms with E-state index >= 15 is 0 Å². The summed E-state index contributed by atoms with van der Waals surface area (Å²) in [6.45, 7) is 11.6. The van der Waals surface area contributed by atoms with Crippen molar-refractivity contribution in [2.24, 2.45) is 5.92 Å². The molecule has 2 aliphatic heterocycles. The molecule has 0 aliphatic carbocycles. The largest absolute Gasteiger partial charge is 0.344 e. The lowest BCUT2D eigenvalue weighted by Gasteiger charge is -2.33. The van der Waals surface area contributed by atoms with Crippen LogP contribution in [0.25, 0.3) is 0 Å². The highest BCUT2D eigenvalue weighted by Gasteiger charge is 2.35. The molecule has 1 aromatic rings. The molecule has 0 unspecified atom stereocenters. The lowest BCUT2D eigenvalue weighted by Crippen LogP contribution is -2.48. The summed E-state index contributed by atoms with van der Waals surface area (Å²) in [7, 11) is 0. The fourth-order valence-electron chi connectivity index (χ4n) is 4.46. The fraction of sp³-hybridized carbons (Fsp3) is 0.591. The smallest absolute Gasteiger partial charge is 0.245 e. The Bertz CT molecular complexity index is 775. The van der Waals surface area contributed by atoms with Gasteiger partial charge >= 0.3 is 0 Å². The molecule has 3 rings (SSSR count). The normalized spacial score (nSPS) is 20.7. The van der Waals surface area contributed by atoms with Gasteiger partial charge < -0.3 is 10.2 Å². The second-order valence-electron chi connectivity index (χ2n) is 8.12. The number of piperidine rings is 1. The van der Waals surface area contributed by atoms with E-state index in [2.05, 4.69) is 26.1 Å². The number of benzene rings is 1. The maximum atomic E-state index is 13.3. The minimum Gasteiger partial charge on any atom is -0.344 e. The third kappa shape index (κ3) is 3.52. The number of ketones is 1. The van der Waals surface area contributed by atoms with Crippen molar-refractivity contribution in [2.75, 3.05) is 13.1 Å². The van der Waals surface area contributed by atoms with Gasteiger partial charge in [-0.25, -0.2) is 0 Å². The number of carbonyl (C=O) groups is 3. The van der Waals surface area contributed by atoms with E-state index in [9.17, 15) is 14.4 Å². The third-order valence-corrected chi connectivity index (χ3v) is 6.72. The Morgan fingerprint density at radius 1 is 0.852 bits per heavy atom. The number of hydrogen-bond donors (Lipinski definition) is 1. The van der Waals surface area contributed by atoms with Gasteiger partial charge in [-0.15, -0.1) is 0 Å². The monoisotopic (exact) mass is 370 g/mol. The van der Waals surface area contributed by atoms with Gasteiger partial charge in [-0.2, -0.15) is 0 Å². The zero-order valence-corrected chi connectivity index (χ0v) is 17.1. The lowest BCUT2D eigenvalue weighted by atomic mass is 9.81. The van der Waals surface area contributed by atoms with Gasteiger partial charge in [0, 0.05) is 31.0 Å². The van der Waals surface area contributed by atoms with Gasteiger partial charge in [0.15, 0.2) is 5.78 Å². The molecule has 0 bridgehead atoms. The number of likely N-dealkylation sites (tertiary alicyclic amines) is 1. The van der Waals surface area contributed by atoms with Crippen molar-refractivity contribution >= 4 is 17.6 Å². The summed E-state index contributed by atoms with van der Waals surface area (Å²) in [4.78, 5) is 39.0. The number of hydrogen-bond acceptors (Lipinski definition) is 3. The van der Waals surface area contributed by atoms with E-state index in [0.717, 1.165) is 16.7 Å². The predicted octanol–water partition coefficient (Wildman–Crippen LogP) is 2.93. The van der Waals surface area contributed by atoms with Crippen molar-refractivity contribution in [3.8, 4) is 0 Å². The van der Waals surface area contributed by atoms with Crippen molar-refractivity contribution < 1.29 is 14.4 Å². The van der Waals surface area contributed by atoms with Crippen LogP contribution < -0.4 is 5.32 Å². The second-order valence-corrected chi connectivity index (χ2v) is 8.12. The Morgan fingerprint density at radius 2 is 1.37 bits per heavy atom. The highest BCUT2D eigenvalue weighted by atomic mass is 16.2. The number of amides is 2. The molecule has 2 aliphatic rings. The Balaban J connectivity index is 1.71. The SMILES string of the molecule is Cc1c(C)c(C)c(C(=O)C2CCN(C(=O)[C@H]3CCC(=O)N3)CC2)c(C)c1C. The van der Waals surface area contributed by atoms with Crippen LogP contribution in [0.5, 0.6) is 0 Å². The molecule has 1 aromatic carbocycles. The molecule has 5 heteroatoms. The highest BCUT2D eigenvalue weighted by molar-refractivity contribution is 6.01. The third-order valence-electron chi connectivity index (χ3n) is 6.72. The molecule has 0 aromatic heterocycles. The van der Waals surface area contributed by atoms with E-state index in [4.69, 9.17) is 0 Å². The van der Waals surface area contributed by atoms with E-state index in [1.165, 1.54) is 16.7 Å². The molecule has 1 N–H and O–H groups in total. The summed E-state index contributed by atoms with van der Waals surface area (Å²) in [5, 5.41) is 2.75. The zero-order chi connectivity index (χ0) is 19.9. The Kier molecular flexibility index (Phi) is 5.41. The predicted molar refractivity (Wildman–Crippen MR) is 105 cm³/mol. The van der Waals surface area contributed by atoms with Crippen LogP contribution in [-0.4, -0.2) is 41.6 Å². The first kappa shape index (κ1) is 19.6. The summed E-state index contributed by atoms with van der Waals surface area (Å²) in [5.41, 5.74) is 6.72. The quantitative estimate of drug-likeness (QED) is 0.832. The molecule has 2 amide bonds. The number of nitrogens with one attached hydrogen (secondary N) is 1. The Labute approximate surface area is 161 Å². The maximum absolute atomic E-state index is 13.3. The van der Waals surface area contributed by atoms with E-state index in [-0.39, 0.29) is 29.6 Å². The molecule has 1 atom stereocenters. The molecular formula is C22H30N2O3. The number of nitrogens with zero attached hydrogens (tertiary/aromatic N) is 1.